The van der Waals surface area contributed by atoms with Crippen LogP contribution in [0.4, 0.5) is 0 Å². The fourth-order valence-electron chi connectivity index (χ4n) is 3.66. The SMILES string of the molecule is CCOCC(=O)N1CCC(c2nnc(Cn3cccn3)n2C2CC2)CC1. The number of piperidine rings is 1. The predicted molar refractivity (Wildman–Crippen MR) is 94.7 cm³/mol. The summed E-state index contributed by atoms with van der Waals surface area (Å²) >= 11 is 0. The lowest BCUT2D eigenvalue weighted by Crippen LogP contribution is -2.40. The molecule has 2 aromatic heterocycles. The van der Waals surface area contributed by atoms with E-state index >= 15 is 0 Å². The molecule has 26 heavy (non-hydrogen) atoms. The lowest BCUT2D eigenvalue weighted by Gasteiger charge is -2.31. The Balaban J connectivity index is 1.44. The molecule has 0 aromatic carbocycles. The molecular weight excluding hydrogens is 332 g/mol. The monoisotopic (exact) mass is 358 g/mol. The van der Waals surface area contributed by atoms with Crippen LogP contribution in [0.25, 0.3) is 0 Å². The summed E-state index contributed by atoms with van der Waals surface area (Å²) in [6.45, 7) is 4.86. The molecule has 0 atom stereocenters. The summed E-state index contributed by atoms with van der Waals surface area (Å²) < 4.78 is 9.47. The summed E-state index contributed by atoms with van der Waals surface area (Å²) in [7, 11) is 0. The minimum Gasteiger partial charge on any atom is -0.372 e. The van der Waals surface area contributed by atoms with Crippen LogP contribution in [0.1, 0.15) is 56.2 Å². The lowest BCUT2D eigenvalue weighted by molar-refractivity contribution is -0.137. The van der Waals surface area contributed by atoms with Gasteiger partial charge in [-0.25, -0.2) is 0 Å². The third-order valence-corrected chi connectivity index (χ3v) is 5.21. The average molecular weight is 358 g/mol. The summed E-state index contributed by atoms with van der Waals surface area (Å²) in [5, 5.41) is 13.3. The van der Waals surface area contributed by atoms with Gasteiger partial charge in [-0.15, -0.1) is 10.2 Å². The second kappa shape index (κ2) is 7.57. The van der Waals surface area contributed by atoms with Crippen molar-refractivity contribution in [3.63, 3.8) is 0 Å². The van der Waals surface area contributed by atoms with Gasteiger partial charge < -0.3 is 14.2 Å². The van der Waals surface area contributed by atoms with Crippen molar-refractivity contribution in [1.29, 1.82) is 0 Å². The van der Waals surface area contributed by atoms with Gasteiger partial charge >= 0.3 is 0 Å². The van der Waals surface area contributed by atoms with Crippen molar-refractivity contribution < 1.29 is 9.53 Å². The Morgan fingerprint density at radius 3 is 2.69 bits per heavy atom. The van der Waals surface area contributed by atoms with Crippen LogP contribution in [-0.2, 0) is 16.1 Å². The fraction of sp³-hybridized carbons (Fsp3) is 0.667. The normalized spacial score (nSPS) is 18.4. The molecule has 1 saturated heterocycles. The van der Waals surface area contributed by atoms with Crippen LogP contribution in [0.3, 0.4) is 0 Å². The van der Waals surface area contributed by atoms with E-state index in [9.17, 15) is 4.79 Å². The van der Waals surface area contributed by atoms with Crippen LogP contribution in [0.15, 0.2) is 18.5 Å². The second-order valence-corrected chi connectivity index (χ2v) is 7.07. The molecule has 3 heterocycles. The molecule has 0 radical (unpaired) electrons. The summed E-state index contributed by atoms with van der Waals surface area (Å²) in [5.41, 5.74) is 0. The number of hydrogen-bond donors (Lipinski definition) is 0. The number of amides is 1. The Morgan fingerprint density at radius 2 is 2.04 bits per heavy atom. The van der Waals surface area contributed by atoms with Gasteiger partial charge in [0.15, 0.2) is 5.82 Å². The quantitative estimate of drug-likeness (QED) is 0.751. The second-order valence-electron chi connectivity index (χ2n) is 7.07. The maximum atomic E-state index is 12.1. The van der Waals surface area contributed by atoms with Crippen molar-refractivity contribution in [3.05, 3.63) is 30.1 Å². The summed E-state index contributed by atoms with van der Waals surface area (Å²) in [6.07, 6.45) is 8.00. The van der Waals surface area contributed by atoms with E-state index in [1.165, 1.54) is 12.8 Å². The van der Waals surface area contributed by atoms with Gasteiger partial charge in [-0.3, -0.25) is 9.48 Å². The standard InChI is InChI=1S/C18H26N6O2/c1-2-26-13-17(25)22-10-6-14(7-11-22)18-21-20-16(24(18)15-4-5-15)12-23-9-3-8-19-23/h3,8-9,14-15H,2,4-7,10-13H2,1H3. The topological polar surface area (TPSA) is 78.1 Å². The number of rotatable bonds is 7. The van der Waals surface area contributed by atoms with Crippen LogP contribution in [0, 0.1) is 0 Å². The van der Waals surface area contributed by atoms with E-state index in [0.717, 1.165) is 37.6 Å². The highest BCUT2D eigenvalue weighted by molar-refractivity contribution is 5.77. The smallest absolute Gasteiger partial charge is 0.248 e. The van der Waals surface area contributed by atoms with Crippen LogP contribution in [-0.4, -0.2) is 61.7 Å². The summed E-state index contributed by atoms with van der Waals surface area (Å²) in [6, 6.07) is 2.46. The van der Waals surface area contributed by atoms with E-state index in [-0.39, 0.29) is 12.5 Å². The van der Waals surface area contributed by atoms with Gasteiger partial charge in [0.1, 0.15) is 19.0 Å². The van der Waals surface area contributed by atoms with E-state index in [2.05, 4.69) is 19.9 Å². The zero-order valence-electron chi connectivity index (χ0n) is 15.3. The molecular formula is C18H26N6O2. The number of carbonyl (C=O) groups is 1. The highest BCUT2D eigenvalue weighted by atomic mass is 16.5. The highest BCUT2D eigenvalue weighted by Gasteiger charge is 2.34. The predicted octanol–water partition coefficient (Wildman–Crippen LogP) is 1.60. The van der Waals surface area contributed by atoms with E-state index in [4.69, 9.17) is 4.74 Å². The van der Waals surface area contributed by atoms with Gasteiger partial charge in [0.25, 0.3) is 0 Å². The number of carbonyl (C=O) groups excluding carboxylic acids is 1. The van der Waals surface area contributed by atoms with E-state index in [1.807, 2.05) is 28.8 Å². The Labute approximate surface area is 153 Å². The fourth-order valence-corrected chi connectivity index (χ4v) is 3.66. The number of hydrogen-bond acceptors (Lipinski definition) is 5. The third kappa shape index (κ3) is 3.65. The third-order valence-electron chi connectivity index (χ3n) is 5.21. The van der Waals surface area contributed by atoms with Gasteiger partial charge in [-0.05, 0) is 38.7 Å². The summed E-state index contributed by atoms with van der Waals surface area (Å²) in [4.78, 5) is 14.0. The summed E-state index contributed by atoms with van der Waals surface area (Å²) in [5.74, 6) is 2.53. The highest BCUT2D eigenvalue weighted by Crippen LogP contribution is 2.39. The van der Waals surface area contributed by atoms with Crippen molar-refractivity contribution in [2.24, 2.45) is 0 Å². The number of nitrogens with zero attached hydrogens (tertiary/aromatic N) is 6. The minimum atomic E-state index is 0.0910. The maximum absolute atomic E-state index is 12.1. The zero-order valence-corrected chi connectivity index (χ0v) is 15.3. The molecule has 0 bridgehead atoms. The Morgan fingerprint density at radius 1 is 1.23 bits per heavy atom. The molecule has 0 N–H and O–H groups in total. The number of ether oxygens (including phenoxy) is 1. The molecule has 8 nitrogen and oxygen atoms in total. The van der Waals surface area contributed by atoms with Crippen molar-refractivity contribution in [1.82, 2.24) is 29.4 Å². The van der Waals surface area contributed by atoms with Crippen molar-refractivity contribution >= 4 is 5.91 Å². The van der Waals surface area contributed by atoms with Gasteiger partial charge in [0.2, 0.25) is 5.91 Å². The van der Waals surface area contributed by atoms with Crippen LogP contribution >= 0.6 is 0 Å². The first kappa shape index (κ1) is 17.2. The van der Waals surface area contributed by atoms with Crippen molar-refractivity contribution in [3.8, 4) is 0 Å². The van der Waals surface area contributed by atoms with Gasteiger partial charge in [-0.2, -0.15) is 5.10 Å². The molecule has 2 aliphatic rings. The first-order valence-corrected chi connectivity index (χ1v) is 9.53. The molecule has 0 spiro atoms. The molecule has 140 valence electrons. The molecule has 1 aliphatic carbocycles. The Hall–Kier alpha value is -2.22. The largest absolute Gasteiger partial charge is 0.372 e. The lowest BCUT2D eigenvalue weighted by atomic mass is 9.95. The van der Waals surface area contributed by atoms with Gasteiger partial charge in [0, 0.05) is 44.0 Å². The number of aromatic nitrogens is 5. The molecule has 8 heteroatoms. The van der Waals surface area contributed by atoms with Crippen molar-refractivity contribution in [2.75, 3.05) is 26.3 Å². The van der Waals surface area contributed by atoms with E-state index in [0.29, 0.717) is 25.1 Å². The molecule has 4 rings (SSSR count). The van der Waals surface area contributed by atoms with Gasteiger partial charge in [0.05, 0.1) is 0 Å². The van der Waals surface area contributed by atoms with Crippen LogP contribution in [0.5, 0.6) is 0 Å². The Kier molecular flexibility index (Phi) is 5.01. The molecule has 1 saturated carbocycles. The molecule has 1 aliphatic heterocycles. The van der Waals surface area contributed by atoms with E-state index in [1.54, 1.807) is 6.20 Å². The van der Waals surface area contributed by atoms with Gasteiger partial charge in [-0.1, -0.05) is 0 Å². The molecule has 0 unspecified atom stereocenters. The minimum absolute atomic E-state index is 0.0910. The zero-order chi connectivity index (χ0) is 17.9. The van der Waals surface area contributed by atoms with Crippen molar-refractivity contribution in [2.45, 2.75) is 51.1 Å². The average Bonchev–Trinajstić information content (AvgIpc) is 3.21. The number of likely N-dealkylation sites (tertiary alicyclic amines) is 1. The Bertz CT molecular complexity index is 729. The molecule has 2 aromatic rings. The van der Waals surface area contributed by atoms with Crippen LogP contribution < -0.4 is 0 Å². The first-order valence-electron chi connectivity index (χ1n) is 9.53. The first-order chi connectivity index (χ1) is 12.8. The van der Waals surface area contributed by atoms with Crippen LogP contribution in [0.2, 0.25) is 0 Å². The van der Waals surface area contributed by atoms with E-state index < -0.39 is 0 Å². The maximum Gasteiger partial charge on any atom is 0.248 e. The molecule has 1 amide bonds. The molecule has 2 fully saturated rings.